The van der Waals surface area contributed by atoms with Crippen molar-refractivity contribution in [3.63, 3.8) is 0 Å². The average molecular weight is 961 g/mol. The number of nitrogens with zero attached hydrogens (tertiary/aromatic N) is 4. The number of fused-ring (bicyclic) bond motifs is 18. The van der Waals surface area contributed by atoms with Crippen molar-refractivity contribution < 1.29 is 0 Å². The van der Waals surface area contributed by atoms with Gasteiger partial charge in [0, 0.05) is 70.5 Å². The standard InChI is InChI=1S/C70H64N4/c1-67(2,3)39-21-27-55-47(33-39)48-34-40(68(4,5)6)22-28-56(48)71(55)59-31-25-43-51-37-62-52(38-61(51)73-53-19-15-13-17-45(53)63(59)65(43)73)44-26-32-60(64-46-18-14-16-20-54(46)74(62)66(44)64)72-57-29-23-41(69(7,8)9)35-49(57)50-36-42(70(10,11)12)24-30-58(50)72/h13-23,25-29,31-38H,24,30H2,1-12H3. The van der Waals surface area contributed by atoms with E-state index in [1.54, 1.807) is 0 Å². The van der Waals surface area contributed by atoms with E-state index in [1.165, 1.54) is 154 Å². The fourth-order valence-electron chi connectivity index (χ4n) is 13.7. The molecule has 0 saturated carbocycles. The SMILES string of the molecule is CC(C)(C)C1=Cc2c(n(-c3ccc4c5cc6c(cc5n5c7ccccc7c3c45)c3ccc(-n4c5ccc(C(C)(C)C)cc5c5cc(C(C)(C)C)ccc54)c4c5ccccc5n6c34)c3ccc(C(C)(C)C)cc23)CC1. The highest BCUT2D eigenvalue weighted by Crippen LogP contribution is 2.50. The van der Waals surface area contributed by atoms with Crippen LogP contribution >= 0.6 is 0 Å². The number of benzene rings is 8. The van der Waals surface area contributed by atoms with Gasteiger partial charge in [-0.3, -0.25) is 0 Å². The Bertz CT molecular complexity index is 4720. The minimum absolute atomic E-state index is 0.0290. The van der Waals surface area contributed by atoms with E-state index in [2.05, 4.69) is 247 Å². The van der Waals surface area contributed by atoms with E-state index in [1.807, 2.05) is 0 Å². The van der Waals surface area contributed by atoms with Crippen molar-refractivity contribution in [3.05, 3.63) is 173 Å². The van der Waals surface area contributed by atoms with Crippen LogP contribution in [0.25, 0.3) is 126 Å². The van der Waals surface area contributed by atoms with Crippen LogP contribution < -0.4 is 0 Å². The van der Waals surface area contributed by atoms with Crippen LogP contribution in [0.5, 0.6) is 0 Å². The Morgan fingerprint density at radius 1 is 0.324 bits per heavy atom. The molecule has 4 heteroatoms. The molecule has 8 aromatic carbocycles. The lowest BCUT2D eigenvalue weighted by Gasteiger charge is -2.27. The van der Waals surface area contributed by atoms with Crippen molar-refractivity contribution >= 4 is 115 Å². The fourth-order valence-corrected chi connectivity index (χ4v) is 13.7. The van der Waals surface area contributed by atoms with E-state index in [4.69, 9.17) is 0 Å². The fraction of sp³-hybridized carbons (Fsp3) is 0.257. The Morgan fingerprint density at radius 3 is 1.20 bits per heavy atom. The monoisotopic (exact) mass is 961 g/mol. The first kappa shape index (κ1) is 44.0. The molecule has 74 heavy (non-hydrogen) atoms. The highest BCUT2D eigenvalue weighted by Gasteiger charge is 2.31. The van der Waals surface area contributed by atoms with Gasteiger partial charge in [-0.05, 0) is 124 Å². The van der Waals surface area contributed by atoms with Gasteiger partial charge in [0.05, 0.1) is 61.0 Å². The Hall–Kier alpha value is -7.56. The predicted octanol–water partition coefficient (Wildman–Crippen LogP) is 19.3. The second-order valence-electron chi connectivity index (χ2n) is 26.2. The lowest BCUT2D eigenvalue weighted by molar-refractivity contribution is 0.483. The maximum absolute atomic E-state index is 2.65. The molecule has 0 N–H and O–H groups in total. The zero-order valence-corrected chi connectivity index (χ0v) is 45.1. The molecule has 14 aromatic rings. The number of allylic oxidation sites excluding steroid dienone is 1. The highest BCUT2D eigenvalue weighted by molar-refractivity contribution is 6.31. The Morgan fingerprint density at radius 2 is 0.743 bits per heavy atom. The number of aromatic nitrogens is 4. The second kappa shape index (κ2) is 14.2. The zero-order valence-electron chi connectivity index (χ0n) is 45.1. The summed E-state index contributed by atoms with van der Waals surface area (Å²) in [7, 11) is 0. The van der Waals surface area contributed by atoms with Crippen LogP contribution in [0.2, 0.25) is 0 Å². The smallest absolute Gasteiger partial charge is 0.0641 e. The van der Waals surface area contributed by atoms with E-state index in [9.17, 15) is 0 Å². The summed E-state index contributed by atoms with van der Waals surface area (Å²) in [5, 5.41) is 14.4. The minimum Gasteiger partial charge on any atom is -0.312 e. The largest absolute Gasteiger partial charge is 0.312 e. The molecule has 0 spiro atoms. The highest BCUT2D eigenvalue weighted by atomic mass is 15.0. The Kier molecular flexibility index (Phi) is 8.43. The Balaban J connectivity index is 1.02. The molecule has 0 amide bonds. The molecule has 0 aliphatic heterocycles. The molecule has 0 atom stereocenters. The van der Waals surface area contributed by atoms with Crippen LogP contribution in [-0.2, 0) is 22.7 Å². The van der Waals surface area contributed by atoms with Gasteiger partial charge in [0.15, 0.2) is 0 Å². The number of hydrogen-bond acceptors (Lipinski definition) is 0. The normalized spacial score (nSPS) is 14.5. The third kappa shape index (κ3) is 5.75. The van der Waals surface area contributed by atoms with Crippen LogP contribution in [0.15, 0.2) is 145 Å². The summed E-state index contributed by atoms with van der Waals surface area (Å²) in [6.45, 7) is 28.1. The summed E-state index contributed by atoms with van der Waals surface area (Å²) in [6, 6.07) is 54.7. The number of rotatable bonds is 2. The average Bonchev–Trinajstić information content (AvgIpc) is 4.24. The van der Waals surface area contributed by atoms with Crippen molar-refractivity contribution in [2.45, 2.75) is 112 Å². The molecule has 0 bridgehead atoms. The summed E-state index contributed by atoms with van der Waals surface area (Å²) in [4.78, 5) is 0. The van der Waals surface area contributed by atoms with Gasteiger partial charge in [0.25, 0.3) is 0 Å². The molecule has 364 valence electrons. The van der Waals surface area contributed by atoms with Gasteiger partial charge in [0.1, 0.15) is 0 Å². The summed E-state index contributed by atoms with van der Waals surface area (Å²) < 4.78 is 10.4. The van der Waals surface area contributed by atoms with Crippen LogP contribution in [-0.4, -0.2) is 17.9 Å². The van der Waals surface area contributed by atoms with Crippen molar-refractivity contribution in [3.8, 4) is 11.4 Å². The van der Waals surface area contributed by atoms with E-state index in [0.717, 1.165) is 12.8 Å². The maximum atomic E-state index is 2.65. The number of para-hydroxylation sites is 2. The molecule has 0 saturated heterocycles. The summed E-state index contributed by atoms with van der Waals surface area (Å²) in [5.41, 5.74) is 22.5. The van der Waals surface area contributed by atoms with Crippen LogP contribution in [0.3, 0.4) is 0 Å². The lowest BCUT2D eigenvalue weighted by Crippen LogP contribution is -2.14. The first-order valence-corrected chi connectivity index (χ1v) is 27.1. The van der Waals surface area contributed by atoms with Crippen molar-refractivity contribution in [2.24, 2.45) is 5.41 Å². The molecule has 6 heterocycles. The van der Waals surface area contributed by atoms with Crippen molar-refractivity contribution in [2.75, 3.05) is 0 Å². The van der Waals surface area contributed by atoms with Crippen LogP contribution in [0.1, 0.15) is 117 Å². The van der Waals surface area contributed by atoms with Gasteiger partial charge in [-0.2, -0.15) is 0 Å². The van der Waals surface area contributed by atoms with Gasteiger partial charge >= 0.3 is 0 Å². The molecular formula is C70H64N4. The van der Waals surface area contributed by atoms with Crippen LogP contribution in [0, 0.1) is 5.41 Å². The topological polar surface area (TPSA) is 18.7 Å². The van der Waals surface area contributed by atoms with Crippen molar-refractivity contribution in [1.29, 1.82) is 0 Å². The molecular weight excluding hydrogens is 897 g/mol. The molecule has 0 fully saturated rings. The van der Waals surface area contributed by atoms with Gasteiger partial charge in [-0.25, -0.2) is 0 Å². The first-order valence-electron chi connectivity index (χ1n) is 27.1. The molecule has 0 unspecified atom stereocenters. The molecule has 4 nitrogen and oxygen atoms in total. The van der Waals surface area contributed by atoms with Crippen molar-refractivity contribution in [1.82, 2.24) is 17.9 Å². The quantitative estimate of drug-likeness (QED) is 0.164. The second-order valence-corrected chi connectivity index (χ2v) is 26.2. The maximum Gasteiger partial charge on any atom is 0.0641 e. The third-order valence-corrected chi connectivity index (χ3v) is 17.6. The summed E-state index contributed by atoms with van der Waals surface area (Å²) in [5.74, 6) is 0. The molecule has 6 aromatic heterocycles. The van der Waals surface area contributed by atoms with Gasteiger partial charge in [-0.1, -0.05) is 161 Å². The number of hydrogen-bond donors (Lipinski definition) is 0. The van der Waals surface area contributed by atoms with E-state index < -0.39 is 0 Å². The van der Waals surface area contributed by atoms with E-state index in [-0.39, 0.29) is 21.7 Å². The van der Waals surface area contributed by atoms with E-state index >= 15 is 0 Å². The Labute approximate surface area is 432 Å². The minimum atomic E-state index is 0.0290. The van der Waals surface area contributed by atoms with Gasteiger partial charge < -0.3 is 17.9 Å². The summed E-state index contributed by atoms with van der Waals surface area (Å²) >= 11 is 0. The lowest BCUT2D eigenvalue weighted by atomic mass is 9.79. The van der Waals surface area contributed by atoms with Gasteiger partial charge in [-0.15, -0.1) is 0 Å². The molecule has 0 radical (unpaired) electrons. The molecule has 15 rings (SSSR count). The third-order valence-electron chi connectivity index (χ3n) is 17.6. The first-order chi connectivity index (χ1) is 35.3. The summed E-state index contributed by atoms with van der Waals surface area (Å²) in [6.07, 6.45) is 4.63. The van der Waals surface area contributed by atoms with Gasteiger partial charge in [0.2, 0.25) is 0 Å². The molecule has 1 aliphatic carbocycles. The van der Waals surface area contributed by atoms with Crippen LogP contribution in [0.4, 0.5) is 0 Å². The zero-order chi connectivity index (χ0) is 50.9. The van der Waals surface area contributed by atoms with E-state index in [0.29, 0.717) is 0 Å². The predicted molar refractivity (Wildman–Crippen MR) is 319 cm³/mol. The molecule has 1 aliphatic rings.